The van der Waals surface area contributed by atoms with Crippen LogP contribution in [0.1, 0.15) is 85.5 Å². The van der Waals surface area contributed by atoms with Crippen LogP contribution in [0.5, 0.6) is 0 Å². The van der Waals surface area contributed by atoms with Crippen LogP contribution in [-0.2, 0) is 4.74 Å². The molecule has 29 heavy (non-hydrogen) atoms. The van der Waals surface area contributed by atoms with E-state index in [1.807, 2.05) is 5.57 Å². The van der Waals surface area contributed by atoms with Gasteiger partial charge in [-0.1, -0.05) is 39.3 Å². The highest BCUT2D eigenvalue weighted by molar-refractivity contribution is 5.26. The molecule has 162 valence electrons. The third-order valence-electron chi connectivity index (χ3n) is 11.3. The van der Waals surface area contributed by atoms with Crippen LogP contribution < -0.4 is 5.32 Å². The summed E-state index contributed by atoms with van der Waals surface area (Å²) in [7, 11) is 0. The molecule has 2 heteroatoms. The van der Waals surface area contributed by atoms with Gasteiger partial charge in [-0.2, -0.15) is 0 Å². The van der Waals surface area contributed by atoms with Crippen molar-refractivity contribution in [2.45, 2.75) is 103 Å². The summed E-state index contributed by atoms with van der Waals surface area (Å²) in [6, 6.07) is 0.632. The molecule has 2 aliphatic heterocycles. The Hall–Kier alpha value is -0.340. The maximum atomic E-state index is 6.99. The summed E-state index contributed by atoms with van der Waals surface area (Å²) < 4.78 is 6.99. The maximum absolute atomic E-state index is 6.99. The summed E-state index contributed by atoms with van der Waals surface area (Å²) >= 11 is 0. The number of allylic oxidation sites excluding steroid dienone is 2. The number of fused-ring (bicyclic) bond motifs is 6. The van der Waals surface area contributed by atoms with Crippen LogP contribution in [0.2, 0.25) is 0 Å². The predicted molar refractivity (Wildman–Crippen MR) is 119 cm³/mol. The molecule has 1 spiro atoms. The molecule has 2 nitrogen and oxygen atoms in total. The van der Waals surface area contributed by atoms with Crippen LogP contribution in [0.3, 0.4) is 0 Å². The summed E-state index contributed by atoms with van der Waals surface area (Å²) in [6.45, 7) is 11.6. The van der Waals surface area contributed by atoms with E-state index in [9.17, 15) is 0 Å². The van der Waals surface area contributed by atoms with E-state index in [1.54, 1.807) is 0 Å². The predicted octanol–water partition coefficient (Wildman–Crippen LogP) is 5.97. The van der Waals surface area contributed by atoms with Gasteiger partial charge in [-0.3, -0.25) is 0 Å². The molecule has 5 fully saturated rings. The smallest absolute Gasteiger partial charge is 0.0737 e. The Bertz CT molecular complexity index is 685. The van der Waals surface area contributed by atoms with Crippen LogP contribution in [0.15, 0.2) is 11.6 Å². The second kappa shape index (κ2) is 6.58. The molecule has 0 bridgehead atoms. The molecule has 0 radical (unpaired) electrons. The number of rotatable bonds is 0. The molecule has 2 heterocycles. The van der Waals surface area contributed by atoms with Gasteiger partial charge in [0.05, 0.1) is 11.7 Å². The summed E-state index contributed by atoms with van der Waals surface area (Å²) in [4.78, 5) is 0. The lowest BCUT2D eigenvalue weighted by Gasteiger charge is -2.50. The monoisotopic (exact) mass is 397 g/mol. The van der Waals surface area contributed by atoms with Crippen molar-refractivity contribution in [3.8, 4) is 0 Å². The van der Waals surface area contributed by atoms with Gasteiger partial charge >= 0.3 is 0 Å². The summed E-state index contributed by atoms with van der Waals surface area (Å²) in [5.74, 6) is 6.17. The van der Waals surface area contributed by atoms with Crippen LogP contribution in [0.4, 0.5) is 0 Å². The van der Waals surface area contributed by atoms with Gasteiger partial charge in [0.1, 0.15) is 0 Å². The molecule has 0 aromatic heterocycles. The second-order valence-electron chi connectivity index (χ2n) is 12.5. The molecule has 11 atom stereocenters. The average molecular weight is 398 g/mol. The number of hydrogen-bond acceptors (Lipinski definition) is 2. The zero-order chi connectivity index (χ0) is 20.0. The Kier molecular flexibility index (Phi) is 4.39. The first-order valence-electron chi connectivity index (χ1n) is 13.0. The first kappa shape index (κ1) is 19.4. The van der Waals surface area contributed by atoms with Crippen LogP contribution in [0, 0.1) is 46.8 Å². The molecule has 0 aromatic rings. The van der Waals surface area contributed by atoms with Gasteiger partial charge in [0.2, 0.25) is 0 Å². The molecule has 5 unspecified atom stereocenters. The fourth-order valence-electron chi connectivity index (χ4n) is 10.0. The minimum atomic E-state index is 0.174. The summed E-state index contributed by atoms with van der Waals surface area (Å²) in [5, 5.41) is 3.81. The Morgan fingerprint density at radius 2 is 1.93 bits per heavy atom. The van der Waals surface area contributed by atoms with Gasteiger partial charge in [0.25, 0.3) is 0 Å². The molecule has 6 aliphatic rings. The zero-order valence-electron chi connectivity index (χ0n) is 19.3. The van der Waals surface area contributed by atoms with E-state index < -0.39 is 0 Å². The van der Waals surface area contributed by atoms with E-state index in [0.29, 0.717) is 17.6 Å². The lowest BCUT2D eigenvalue weighted by molar-refractivity contribution is -0.131. The van der Waals surface area contributed by atoms with E-state index in [1.165, 1.54) is 64.3 Å². The first-order chi connectivity index (χ1) is 13.9. The molecule has 2 saturated heterocycles. The van der Waals surface area contributed by atoms with Gasteiger partial charge in [-0.05, 0) is 111 Å². The van der Waals surface area contributed by atoms with Crippen molar-refractivity contribution in [3.05, 3.63) is 11.6 Å². The fourth-order valence-corrected chi connectivity index (χ4v) is 10.0. The van der Waals surface area contributed by atoms with Crippen LogP contribution >= 0.6 is 0 Å². The Balaban J connectivity index is 1.30. The second-order valence-corrected chi connectivity index (χ2v) is 12.5. The van der Waals surface area contributed by atoms with Crippen molar-refractivity contribution >= 4 is 0 Å². The quantitative estimate of drug-likeness (QED) is 0.509. The van der Waals surface area contributed by atoms with E-state index in [4.69, 9.17) is 4.74 Å². The average Bonchev–Trinajstić information content (AvgIpc) is 3.22. The molecule has 1 N–H and O–H groups in total. The molecular weight excluding hydrogens is 354 g/mol. The Labute approximate surface area is 178 Å². The molecule has 4 aliphatic carbocycles. The molecule has 3 saturated carbocycles. The lowest BCUT2D eigenvalue weighted by atomic mass is 9.54. The maximum Gasteiger partial charge on any atom is 0.0737 e. The van der Waals surface area contributed by atoms with Gasteiger partial charge in [-0.15, -0.1) is 0 Å². The highest BCUT2D eigenvalue weighted by atomic mass is 16.5. The normalized spacial score (nSPS) is 58.9. The highest BCUT2D eigenvalue weighted by Crippen LogP contribution is 2.68. The third kappa shape index (κ3) is 2.60. The Morgan fingerprint density at radius 1 is 1.07 bits per heavy atom. The number of piperidine rings is 1. The van der Waals surface area contributed by atoms with Crippen molar-refractivity contribution in [1.29, 1.82) is 0 Å². The standard InChI is InChI=1S/C27H43NO/c1-16-9-11-26(4)19(14-16)7-8-21-20-10-12-27(18(3)24(20)17(2)25(21)26)15-22-23(29-27)6-5-13-28-22/h7,16-18,20-25,28H,5-6,8-15H2,1-4H3/t16-,17?,18+,20?,21?,22-,23+,24?,25?,26-,27+/m0/s1. The van der Waals surface area contributed by atoms with Crippen LogP contribution in [-0.4, -0.2) is 24.3 Å². The zero-order valence-corrected chi connectivity index (χ0v) is 19.3. The van der Waals surface area contributed by atoms with Gasteiger partial charge in [0.15, 0.2) is 0 Å². The van der Waals surface area contributed by atoms with Crippen LogP contribution in [0.25, 0.3) is 0 Å². The Morgan fingerprint density at radius 3 is 2.76 bits per heavy atom. The summed E-state index contributed by atoms with van der Waals surface area (Å²) in [6.07, 6.45) is 15.5. The summed E-state index contributed by atoms with van der Waals surface area (Å²) in [5.41, 5.74) is 2.51. The molecular formula is C27H43NO. The van der Waals surface area contributed by atoms with E-state index >= 15 is 0 Å². The topological polar surface area (TPSA) is 21.3 Å². The van der Waals surface area contributed by atoms with Crippen molar-refractivity contribution in [2.24, 2.45) is 46.8 Å². The van der Waals surface area contributed by atoms with Gasteiger partial charge in [-0.25, -0.2) is 0 Å². The number of ether oxygens (including phenoxy) is 1. The van der Waals surface area contributed by atoms with Crippen molar-refractivity contribution in [2.75, 3.05) is 6.54 Å². The van der Waals surface area contributed by atoms with Crippen molar-refractivity contribution < 1.29 is 4.74 Å². The van der Waals surface area contributed by atoms with Crippen molar-refractivity contribution in [3.63, 3.8) is 0 Å². The molecule has 6 rings (SSSR count). The minimum absolute atomic E-state index is 0.174. The van der Waals surface area contributed by atoms with E-state index in [2.05, 4.69) is 39.1 Å². The third-order valence-corrected chi connectivity index (χ3v) is 11.3. The van der Waals surface area contributed by atoms with Crippen molar-refractivity contribution in [1.82, 2.24) is 5.32 Å². The highest BCUT2D eigenvalue weighted by Gasteiger charge is 2.64. The lowest BCUT2D eigenvalue weighted by Crippen LogP contribution is -2.48. The first-order valence-corrected chi connectivity index (χ1v) is 13.0. The fraction of sp³-hybridized carbons (Fsp3) is 0.926. The SMILES string of the molecule is CC1C2C(CC[C@@]3(C[C@@H]4NCCC[C@H]4O3)[C@@H]2C)C2CC=C3C[C@@H](C)CC[C@]3(C)C12. The van der Waals surface area contributed by atoms with E-state index in [-0.39, 0.29) is 5.60 Å². The number of hydrogen-bond donors (Lipinski definition) is 1. The minimum Gasteiger partial charge on any atom is -0.370 e. The number of nitrogens with one attached hydrogen (secondary N) is 1. The molecule has 0 amide bonds. The van der Waals surface area contributed by atoms with E-state index in [0.717, 1.165) is 41.4 Å². The van der Waals surface area contributed by atoms with Gasteiger partial charge < -0.3 is 10.1 Å². The largest absolute Gasteiger partial charge is 0.370 e. The van der Waals surface area contributed by atoms with Gasteiger partial charge in [0, 0.05) is 6.04 Å². The molecule has 0 aromatic carbocycles.